The van der Waals surface area contributed by atoms with E-state index in [1.54, 1.807) is 18.6 Å². The zero-order valence-electron chi connectivity index (χ0n) is 7.91. The third kappa shape index (κ3) is 1.51. The molecule has 14 heavy (non-hydrogen) atoms. The third-order valence-corrected chi connectivity index (χ3v) is 2.48. The Kier molecular flexibility index (Phi) is 2.25. The number of halogens is 1. The van der Waals surface area contributed by atoms with E-state index in [1.807, 2.05) is 13.8 Å². The molecule has 0 bridgehead atoms. The highest BCUT2D eigenvalue weighted by Crippen LogP contribution is 2.21. The number of aromatic nitrogens is 2. The lowest BCUT2D eigenvalue weighted by Crippen LogP contribution is -1.95. The highest BCUT2D eigenvalue weighted by Gasteiger charge is 2.08. The molecule has 0 amide bonds. The molecule has 2 heterocycles. The summed E-state index contributed by atoms with van der Waals surface area (Å²) in [4.78, 5) is 8.49. The van der Waals surface area contributed by atoms with Crippen LogP contribution in [0.25, 0.3) is 11.4 Å². The van der Waals surface area contributed by atoms with Crippen LogP contribution >= 0.6 is 11.6 Å². The van der Waals surface area contributed by atoms with Gasteiger partial charge in [-0.3, -0.25) is 0 Å². The van der Waals surface area contributed by atoms with E-state index in [0.717, 1.165) is 16.8 Å². The first-order chi connectivity index (χ1) is 6.68. The van der Waals surface area contributed by atoms with Crippen molar-refractivity contribution in [2.75, 3.05) is 0 Å². The Labute approximate surface area is 86.8 Å². The van der Waals surface area contributed by atoms with Crippen molar-refractivity contribution >= 4 is 11.6 Å². The van der Waals surface area contributed by atoms with Crippen molar-refractivity contribution in [1.29, 1.82) is 0 Å². The van der Waals surface area contributed by atoms with Crippen LogP contribution in [0.1, 0.15) is 11.3 Å². The molecule has 0 unspecified atom stereocenters. The van der Waals surface area contributed by atoms with Crippen LogP contribution in [0.5, 0.6) is 0 Å². The van der Waals surface area contributed by atoms with Gasteiger partial charge in [-0.25, -0.2) is 9.97 Å². The third-order valence-electron chi connectivity index (χ3n) is 2.11. The summed E-state index contributed by atoms with van der Waals surface area (Å²) in [5, 5.41) is 0.494. The second kappa shape index (κ2) is 3.42. The number of aryl methyl sites for hydroxylation is 1. The van der Waals surface area contributed by atoms with Crippen molar-refractivity contribution in [3.05, 3.63) is 35.0 Å². The van der Waals surface area contributed by atoms with E-state index in [-0.39, 0.29) is 0 Å². The van der Waals surface area contributed by atoms with Crippen molar-refractivity contribution in [3.8, 4) is 11.4 Å². The SMILES string of the molecule is Cc1nc(-c2ccoc2)nc(Cl)c1C. The van der Waals surface area contributed by atoms with Gasteiger partial charge >= 0.3 is 0 Å². The van der Waals surface area contributed by atoms with E-state index in [0.29, 0.717) is 11.0 Å². The number of nitrogens with zero attached hydrogens (tertiary/aromatic N) is 2. The van der Waals surface area contributed by atoms with Crippen LogP contribution in [-0.4, -0.2) is 9.97 Å². The van der Waals surface area contributed by atoms with Crippen LogP contribution in [0.15, 0.2) is 23.0 Å². The summed E-state index contributed by atoms with van der Waals surface area (Å²) in [6.45, 7) is 3.81. The second-order valence-corrected chi connectivity index (χ2v) is 3.42. The molecule has 0 spiro atoms. The lowest BCUT2D eigenvalue weighted by Gasteiger charge is -2.03. The minimum atomic E-state index is 0.494. The van der Waals surface area contributed by atoms with Gasteiger partial charge in [0.1, 0.15) is 11.4 Å². The maximum atomic E-state index is 5.95. The van der Waals surface area contributed by atoms with E-state index in [2.05, 4.69) is 9.97 Å². The average molecular weight is 209 g/mol. The molecule has 2 rings (SSSR count). The van der Waals surface area contributed by atoms with E-state index >= 15 is 0 Å². The fourth-order valence-electron chi connectivity index (χ4n) is 1.11. The topological polar surface area (TPSA) is 38.9 Å². The molecule has 4 heteroatoms. The quantitative estimate of drug-likeness (QED) is 0.677. The van der Waals surface area contributed by atoms with Crippen molar-refractivity contribution < 1.29 is 4.42 Å². The minimum absolute atomic E-state index is 0.494. The van der Waals surface area contributed by atoms with Gasteiger partial charge in [-0.1, -0.05) is 11.6 Å². The maximum Gasteiger partial charge on any atom is 0.164 e. The van der Waals surface area contributed by atoms with E-state index in [1.165, 1.54) is 0 Å². The minimum Gasteiger partial charge on any atom is -0.472 e. The Hall–Kier alpha value is -1.35. The Bertz CT molecular complexity index is 428. The molecule has 0 aliphatic carbocycles. The fraction of sp³-hybridized carbons (Fsp3) is 0.200. The van der Waals surface area contributed by atoms with E-state index in [4.69, 9.17) is 16.0 Å². The number of rotatable bonds is 1. The first-order valence-corrected chi connectivity index (χ1v) is 4.59. The molecule has 3 nitrogen and oxygen atoms in total. The van der Waals surface area contributed by atoms with Gasteiger partial charge in [-0.15, -0.1) is 0 Å². The van der Waals surface area contributed by atoms with Gasteiger partial charge in [-0.2, -0.15) is 0 Å². The van der Waals surface area contributed by atoms with Gasteiger partial charge in [0.2, 0.25) is 0 Å². The van der Waals surface area contributed by atoms with Crippen molar-refractivity contribution in [2.24, 2.45) is 0 Å². The lowest BCUT2D eigenvalue weighted by atomic mass is 10.2. The molecule has 0 N–H and O–H groups in total. The molecular formula is C10H9ClN2O. The van der Waals surface area contributed by atoms with Crippen molar-refractivity contribution in [2.45, 2.75) is 13.8 Å². The molecule has 0 saturated carbocycles. The fourth-order valence-corrected chi connectivity index (χ4v) is 1.33. The molecule has 0 aromatic carbocycles. The summed E-state index contributed by atoms with van der Waals surface area (Å²) in [5.41, 5.74) is 2.65. The Morgan fingerprint density at radius 1 is 1.29 bits per heavy atom. The monoisotopic (exact) mass is 208 g/mol. The molecule has 0 radical (unpaired) electrons. The summed E-state index contributed by atoms with van der Waals surface area (Å²) >= 11 is 5.95. The molecule has 0 atom stereocenters. The molecule has 72 valence electrons. The highest BCUT2D eigenvalue weighted by atomic mass is 35.5. The van der Waals surface area contributed by atoms with Crippen LogP contribution < -0.4 is 0 Å². The summed E-state index contributed by atoms with van der Waals surface area (Å²) in [7, 11) is 0. The van der Waals surface area contributed by atoms with Crippen LogP contribution in [0.3, 0.4) is 0 Å². The first-order valence-electron chi connectivity index (χ1n) is 4.22. The number of hydrogen-bond acceptors (Lipinski definition) is 3. The Morgan fingerprint density at radius 2 is 2.07 bits per heavy atom. The highest BCUT2D eigenvalue weighted by molar-refractivity contribution is 6.30. The molecule has 0 aliphatic rings. The normalized spacial score (nSPS) is 10.5. The summed E-state index contributed by atoms with van der Waals surface area (Å²) in [6, 6.07) is 1.81. The maximum absolute atomic E-state index is 5.95. The van der Waals surface area contributed by atoms with Crippen molar-refractivity contribution in [1.82, 2.24) is 9.97 Å². The van der Waals surface area contributed by atoms with Crippen LogP contribution in [0.2, 0.25) is 5.15 Å². The molecule has 2 aromatic heterocycles. The van der Waals surface area contributed by atoms with Crippen LogP contribution in [0.4, 0.5) is 0 Å². The smallest absolute Gasteiger partial charge is 0.164 e. The van der Waals surface area contributed by atoms with Gasteiger partial charge in [0.05, 0.1) is 11.8 Å². The van der Waals surface area contributed by atoms with Gasteiger partial charge in [0.15, 0.2) is 5.82 Å². The zero-order chi connectivity index (χ0) is 10.1. The summed E-state index contributed by atoms with van der Waals surface area (Å²) in [5.74, 6) is 0.604. The summed E-state index contributed by atoms with van der Waals surface area (Å²) in [6.07, 6.45) is 3.18. The zero-order valence-corrected chi connectivity index (χ0v) is 8.67. The predicted molar refractivity (Wildman–Crippen MR) is 54.2 cm³/mol. The summed E-state index contributed by atoms with van der Waals surface area (Å²) < 4.78 is 4.96. The standard InChI is InChI=1S/C10H9ClN2O/c1-6-7(2)12-10(13-9(6)11)8-3-4-14-5-8/h3-5H,1-2H3. The van der Waals surface area contributed by atoms with Gasteiger partial charge < -0.3 is 4.42 Å². The van der Waals surface area contributed by atoms with E-state index < -0.39 is 0 Å². The lowest BCUT2D eigenvalue weighted by molar-refractivity contribution is 0.568. The van der Waals surface area contributed by atoms with Gasteiger partial charge in [-0.05, 0) is 19.9 Å². The number of furan rings is 1. The number of hydrogen-bond donors (Lipinski definition) is 0. The molecule has 2 aromatic rings. The van der Waals surface area contributed by atoms with Gasteiger partial charge in [0.25, 0.3) is 0 Å². The Morgan fingerprint density at radius 3 is 2.64 bits per heavy atom. The molecule has 0 aliphatic heterocycles. The second-order valence-electron chi connectivity index (χ2n) is 3.06. The first kappa shape index (κ1) is 9.21. The van der Waals surface area contributed by atoms with E-state index in [9.17, 15) is 0 Å². The van der Waals surface area contributed by atoms with Crippen LogP contribution in [0, 0.1) is 13.8 Å². The largest absolute Gasteiger partial charge is 0.472 e. The van der Waals surface area contributed by atoms with Gasteiger partial charge in [0, 0.05) is 11.3 Å². The Balaban J connectivity index is 2.57. The molecular weight excluding hydrogens is 200 g/mol. The average Bonchev–Trinajstić information content (AvgIpc) is 2.66. The van der Waals surface area contributed by atoms with Crippen LogP contribution in [-0.2, 0) is 0 Å². The molecule has 0 fully saturated rings. The molecule has 0 saturated heterocycles. The van der Waals surface area contributed by atoms with Crippen molar-refractivity contribution in [3.63, 3.8) is 0 Å². The predicted octanol–water partition coefficient (Wildman–Crippen LogP) is 3.01.